The average molecular weight is 476 g/mol. The summed E-state index contributed by atoms with van der Waals surface area (Å²) in [5.41, 5.74) is 2.59. The third kappa shape index (κ3) is 3.13. The molecule has 0 N–H and O–H groups in total. The van der Waals surface area contributed by atoms with Crippen LogP contribution in [0.25, 0.3) is 0 Å². The molecule has 3 aromatic rings. The van der Waals surface area contributed by atoms with Crippen molar-refractivity contribution in [1.29, 1.82) is 0 Å². The van der Waals surface area contributed by atoms with Gasteiger partial charge in [0.05, 0.1) is 24.2 Å². The van der Waals surface area contributed by atoms with E-state index in [2.05, 4.69) is 15.9 Å². The Hall–Kier alpha value is -3.45. The highest BCUT2D eigenvalue weighted by atomic mass is 79.9. The topological polar surface area (TPSA) is 62.2 Å². The van der Waals surface area contributed by atoms with Crippen molar-refractivity contribution in [2.75, 3.05) is 17.0 Å². The number of benzene rings is 3. The summed E-state index contributed by atoms with van der Waals surface area (Å²) < 4.78 is 6.34. The van der Waals surface area contributed by atoms with E-state index in [-0.39, 0.29) is 11.8 Å². The van der Waals surface area contributed by atoms with Gasteiger partial charge in [-0.05, 0) is 42.0 Å². The normalized spacial score (nSPS) is 20.1. The van der Waals surface area contributed by atoms with E-state index in [0.29, 0.717) is 17.1 Å². The Morgan fingerprint density at radius 1 is 0.871 bits per heavy atom. The van der Waals surface area contributed by atoms with Crippen molar-refractivity contribution in [3.8, 4) is 5.75 Å². The Labute approximate surface area is 187 Å². The van der Waals surface area contributed by atoms with Crippen molar-refractivity contribution >= 4 is 44.8 Å². The van der Waals surface area contributed by atoms with Crippen LogP contribution < -0.4 is 14.6 Å². The summed E-state index contributed by atoms with van der Waals surface area (Å²) in [6.45, 7) is 0. The third-order valence-electron chi connectivity index (χ3n) is 5.54. The number of methoxy groups -OCH3 is 1. The van der Waals surface area contributed by atoms with E-state index in [4.69, 9.17) is 9.84 Å². The van der Waals surface area contributed by atoms with Gasteiger partial charge in [-0.1, -0.05) is 58.4 Å². The molecule has 0 aromatic heterocycles. The highest BCUT2D eigenvalue weighted by molar-refractivity contribution is 9.10. The Balaban J connectivity index is 1.65. The fourth-order valence-electron chi connectivity index (χ4n) is 4.12. The van der Waals surface area contributed by atoms with Crippen LogP contribution in [0.15, 0.2) is 88.4 Å². The molecular weight excluding hydrogens is 458 g/mol. The monoisotopic (exact) mass is 475 g/mol. The lowest BCUT2D eigenvalue weighted by atomic mass is 9.93. The Morgan fingerprint density at radius 2 is 1.55 bits per heavy atom. The number of fused-ring (bicyclic) bond motifs is 1. The molecule has 5 rings (SSSR count). The zero-order chi connectivity index (χ0) is 21.5. The number of hydrogen-bond acceptors (Lipinski definition) is 5. The number of carbonyl (C=O) groups is 2. The molecule has 7 heteroatoms. The number of anilines is 2. The molecule has 1 fully saturated rings. The van der Waals surface area contributed by atoms with Crippen LogP contribution >= 0.6 is 15.9 Å². The van der Waals surface area contributed by atoms with Gasteiger partial charge in [0.25, 0.3) is 5.91 Å². The van der Waals surface area contributed by atoms with Crippen molar-refractivity contribution in [2.45, 2.75) is 6.04 Å². The molecule has 1 saturated heterocycles. The lowest BCUT2D eigenvalue weighted by Gasteiger charge is -2.22. The molecule has 0 radical (unpaired) electrons. The van der Waals surface area contributed by atoms with E-state index in [1.807, 2.05) is 54.6 Å². The number of hydrogen-bond donors (Lipinski definition) is 0. The molecule has 3 aromatic carbocycles. The van der Waals surface area contributed by atoms with Gasteiger partial charge in [-0.2, -0.15) is 5.10 Å². The van der Waals surface area contributed by atoms with Crippen LogP contribution in [0, 0.1) is 5.92 Å². The van der Waals surface area contributed by atoms with Gasteiger partial charge in [-0.25, -0.2) is 4.90 Å². The van der Waals surface area contributed by atoms with E-state index < -0.39 is 12.0 Å². The maximum absolute atomic E-state index is 13.6. The predicted octanol–water partition coefficient (Wildman–Crippen LogP) is 4.24. The number of ether oxygens (including phenoxy) is 1. The molecule has 2 aliphatic heterocycles. The fourth-order valence-corrected chi connectivity index (χ4v) is 4.38. The van der Waals surface area contributed by atoms with E-state index in [0.717, 1.165) is 15.7 Å². The van der Waals surface area contributed by atoms with Gasteiger partial charge in [0.2, 0.25) is 5.91 Å². The summed E-state index contributed by atoms with van der Waals surface area (Å²) in [5, 5.41) is 6.41. The number of carbonyl (C=O) groups excluding carboxylic acids is 2. The molecule has 2 amide bonds. The first-order valence-corrected chi connectivity index (χ1v) is 10.6. The first-order chi connectivity index (χ1) is 15.1. The second-order valence-corrected chi connectivity index (χ2v) is 8.19. The SMILES string of the molecule is COc1ccccc1N1C(=O)[C@@H]2C(c3ccc(Br)cc3)=NN(c3ccccc3)[C@H]2C1=O. The summed E-state index contributed by atoms with van der Waals surface area (Å²) in [6.07, 6.45) is 0. The number of para-hydroxylation sites is 3. The van der Waals surface area contributed by atoms with Crippen molar-refractivity contribution in [2.24, 2.45) is 11.0 Å². The summed E-state index contributed by atoms with van der Waals surface area (Å²) >= 11 is 3.44. The van der Waals surface area contributed by atoms with Crippen molar-refractivity contribution in [3.63, 3.8) is 0 Å². The van der Waals surface area contributed by atoms with Crippen LogP contribution in [0.2, 0.25) is 0 Å². The number of imide groups is 1. The molecule has 0 spiro atoms. The average Bonchev–Trinajstić information content (AvgIpc) is 3.32. The van der Waals surface area contributed by atoms with Crippen LogP contribution in [0.3, 0.4) is 0 Å². The quantitative estimate of drug-likeness (QED) is 0.529. The fraction of sp³-hybridized carbons (Fsp3) is 0.125. The molecule has 0 bridgehead atoms. The van der Waals surface area contributed by atoms with E-state index in [1.54, 1.807) is 29.3 Å². The molecule has 31 heavy (non-hydrogen) atoms. The minimum absolute atomic E-state index is 0.306. The van der Waals surface area contributed by atoms with Crippen LogP contribution in [0.4, 0.5) is 11.4 Å². The lowest BCUT2D eigenvalue weighted by molar-refractivity contribution is -0.121. The van der Waals surface area contributed by atoms with Crippen LogP contribution in [-0.4, -0.2) is 30.7 Å². The van der Waals surface area contributed by atoms with Crippen LogP contribution in [0.1, 0.15) is 5.56 Å². The second kappa shape index (κ2) is 7.67. The summed E-state index contributed by atoms with van der Waals surface area (Å²) in [5.74, 6) is -0.866. The summed E-state index contributed by atoms with van der Waals surface area (Å²) in [7, 11) is 1.52. The minimum Gasteiger partial charge on any atom is -0.495 e. The van der Waals surface area contributed by atoms with Crippen LogP contribution in [0.5, 0.6) is 5.75 Å². The first kappa shape index (κ1) is 19.5. The van der Waals surface area contributed by atoms with Gasteiger partial charge in [0.15, 0.2) is 0 Å². The standard InChI is InChI=1S/C24H18BrN3O3/c1-31-19-10-6-5-9-18(19)27-23(29)20-21(15-11-13-16(25)14-12-15)26-28(22(20)24(27)30)17-7-3-2-4-8-17/h2-14,20,22H,1H3/t20-,22-/m1/s1. The zero-order valence-electron chi connectivity index (χ0n) is 16.6. The van der Waals surface area contributed by atoms with E-state index in [1.165, 1.54) is 12.0 Å². The Morgan fingerprint density at radius 3 is 2.26 bits per heavy atom. The number of rotatable bonds is 4. The molecule has 2 aliphatic rings. The summed E-state index contributed by atoms with van der Waals surface area (Å²) in [4.78, 5) is 28.5. The molecule has 6 nitrogen and oxygen atoms in total. The Kier molecular flexibility index (Phi) is 4.82. The molecule has 0 saturated carbocycles. The van der Waals surface area contributed by atoms with Gasteiger partial charge in [0, 0.05) is 4.47 Å². The molecule has 2 atom stereocenters. The van der Waals surface area contributed by atoms with Gasteiger partial charge >= 0.3 is 0 Å². The minimum atomic E-state index is -0.751. The molecule has 0 unspecified atom stereocenters. The highest BCUT2D eigenvalue weighted by Crippen LogP contribution is 2.41. The molecule has 0 aliphatic carbocycles. The zero-order valence-corrected chi connectivity index (χ0v) is 18.2. The van der Waals surface area contributed by atoms with Gasteiger partial charge in [-0.3, -0.25) is 14.6 Å². The summed E-state index contributed by atoms with van der Waals surface area (Å²) in [6, 6.07) is 23.3. The second-order valence-electron chi connectivity index (χ2n) is 7.28. The number of amides is 2. The number of hydrazone groups is 1. The van der Waals surface area contributed by atoms with Gasteiger partial charge in [0.1, 0.15) is 17.7 Å². The molecule has 2 heterocycles. The molecular formula is C24H18BrN3O3. The lowest BCUT2D eigenvalue weighted by Crippen LogP contribution is -2.39. The van der Waals surface area contributed by atoms with Gasteiger partial charge < -0.3 is 4.74 Å². The predicted molar refractivity (Wildman–Crippen MR) is 122 cm³/mol. The number of halogens is 1. The smallest absolute Gasteiger partial charge is 0.260 e. The first-order valence-electron chi connectivity index (χ1n) is 9.79. The largest absolute Gasteiger partial charge is 0.495 e. The molecule has 154 valence electrons. The number of nitrogens with zero attached hydrogens (tertiary/aromatic N) is 3. The maximum Gasteiger partial charge on any atom is 0.260 e. The third-order valence-corrected chi connectivity index (χ3v) is 6.06. The highest BCUT2D eigenvalue weighted by Gasteiger charge is 2.57. The van der Waals surface area contributed by atoms with Crippen molar-refractivity contribution in [3.05, 3.63) is 88.9 Å². The Bertz CT molecular complexity index is 1190. The maximum atomic E-state index is 13.6. The van der Waals surface area contributed by atoms with E-state index >= 15 is 0 Å². The van der Waals surface area contributed by atoms with Gasteiger partial charge in [-0.15, -0.1) is 0 Å². The van der Waals surface area contributed by atoms with Crippen LogP contribution in [-0.2, 0) is 9.59 Å². The van der Waals surface area contributed by atoms with E-state index in [9.17, 15) is 9.59 Å². The van der Waals surface area contributed by atoms with Crippen molar-refractivity contribution in [1.82, 2.24) is 0 Å². The van der Waals surface area contributed by atoms with Crippen molar-refractivity contribution < 1.29 is 14.3 Å².